The highest BCUT2D eigenvalue weighted by Gasteiger charge is 2.29. The zero-order chi connectivity index (χ0) is 19.8. The number of amides is 3. The van der Waals surface area contributed by atoms with Crippen molar-refractivity contribution in [3.05, 3.63) is 35.6 Å². The minimum atomic E-state index is -0.376. The summed E-state index contributed by atoms with van der Waals surface area (Å²) < 4.78 is 12.9. The van der Waals surface area contributed by atoms with E-state index in [-0.39, 0.29) is 17.8 Å². The van der Waals surface area contributed by atoms with Crippen LogP contribution in [0.15, 0.2) is 24.3 Å². The molecule has 0 radical (unpaired) electrons. The molecule has 2 aliphatic rings. The minimum Gasteiger partial charge on any atom is -0.350 e. The zero-order valence-corrected chi connectivity index (χ0v) is 16.4. The van der Waals surface area contributed by atoms with E-state index in [2.05, 4.69) is 20.9 Å². The Bertz CT molecular complexity index is 646. The highest BCUT2D eigenvalue weighted by atomic mass is 19.1. The number of nitrogens with zero attached hydrogens (tertiary/aromatic N) is 1. The van der Waals surface area contributed by atoms with E-state index in [1.807, 2.05) is 0 Å². The Morgan fingerprint density at radius 3 is 2.43 bits per heavy atom. The smallest absolute Gasteiger partial charge is 0.314 e. The molecule has 6 nitrogen and oxygen atoms in total. The number of hydrogen-bond acceptors (Lipinski definition) is 3. The fraction of sp³-hybridized carbons (Fsp3) is 0.619. The Morgan fingerprint density at radius 2 is 1.68 bits per heavy atom. The molecule has 1 saturated carbocycles. The Balaban J connectivity index is 1.26. The van der Waals surface area contributed by atoms with E-state index in [1.54, 1.807) is 0 Å². The third-order valence-corrected chi connectivity index (χ3v) is 5.76. The van der Waals surface area contributed by atoms with Crippen LogP contribution >= 0.6 is 0 Å². The molecule has 1 aromatic carbocycles. The van der Waals surface area contributed by atoms with Crippen molar-refractivity contribution < 1.29 is 14.0 Å². The molecule has 2 fully saturated rings. The number of hydrogen-bond donors (Lipinski definition) is 3. The Labute approximate surface area is 166 Å². The average molecular weight is 391 g/mol. The summed E-state index contributed by atoms with van der Waals surface area (Å²) >= 11 is 0. The highest BCUT2D eigenvalue weighted by Crippen LogP contribution is 2.27. The molecule has 3 N–H and O–H groups in total. The number of carbonyl (C=O) groups excluding carboxylic acids is 2. The van der Waals surface area contributed by atoms with Crippen molar-refractivity contribution in [1.82, 2.24) is 20.9 Å². The first-order chi connectivity index (χ1) is 13.6. The monoisotopic (exact) mass is 390 g/mol. The van der Waals surface area contributed by atoms with Gasteiger partial charge >= 0.3 is 6.03 Å². The van der Waals surface area contributed by atoms with Crippen molar-refractivity contribution in [3.63, 3.8) is 0 Å². The number of likely N-dealkylation sites (tertiary alicyclic amines) is 1. The summed E-state index contributed by atoms with van der Waals surface area (Å²) in [5.41, 5.74) is 0.398. The maximum absolute atomic E-state index is 12.9. The van der Waals surface area contributed by atoms with Gasteiger partial charge in [-0.05, 0) is 56.0 Å². The van der Waals surface area contributed by atoms with Crippen LogP contribution in [0.1, 0.15) is 48.9 Å². The van der Waals surface area contributed by atoms with Gasteiger partial charge in [-0.15, -0.1) is 0 Å². The van der Waals surface area contributed by atoms with Crippen LogP contribution in [-0.2, 0) is 0 Å². The molecular formula is C21H31FN4O2. The molecule has 3 amide bonds. The second-order valence-electron chi connectivity index (χ2n) is 7.84. The molecule has 0 bridgehead atoms. The Hall–Kier alpha value is -2.15. The van der Waals surface area contributed by atoms with Gasteiger partial charge in [0.25, 0.3) is 5.91 Å². The number of halogens is 1. The molecule has 0 spiro atoms. The van der Waals surface area contributed by atoms with E-state index >= 15 is 0 Å². The molecule has 7 heteroatoms. The van der Waals surface area contributed by atoms with Crippen LogP contribution in [0.3, 0.4) is 0 Å². The van der Waals surface area contributed by atoms with Crippen molar-refractivity contribution in [2.45, 2.75) is 44.6 Å². The van der Waals surface area contributed by atoms with Gasteiger partial charge < -0.3 is 20.9 Å². The first-order valence-electron chi connectivity index (χ1n) is 10.4. The summed E-state index contributed by atoms with van der Waals surface area (Å²) in [6.07, 6.45) is 7.87. The quantitative estimate of drug-likeness (QED) is 0.627. The fourth-order valence-corrected chi connectivity index (χ4v) is 4.16. The van der Waals surface area contributed by atoms with Crippen molar-refractivity contribution in [2.75, 3.05) is 32.7 Å². The standard InChI is InChI=1S/C21H31FN4O2/c22-18-8-6-17(7-9-18)20(27)23-11-12-24-21(28)25-14-16-10-13-26(15-16)19-4-2-1-3-5-19/h6-9,16,19H,1-5,10-15H2,(H,23,27)(H2,24,25,28). The molecule has 28 heavy (non-hydrogen) atoms. The lowest BCUT2D eigenvalue weighted by Gasteiger charge is -2.31. The number of benzene rings is 1. The van der Waals surface area contributed by atoms with Crippen LogP contribution in [0.4, 0.5) is 9.18 Å². The van der Waals surface area contributed by atoms with Crippen LogP contribution in [0, 0.1) is 11.7 Å². The predicted octanol–water partition coefficient (Wildman–Crippen LogP) is 2.51. The van der Waals surface area contributed by atoms with Gasteiger partial charge in [0.1, 0.15) is 5.82 Å². The van der Waals surface area contributed by atoms with Gasteiger partial charge in [0, 0.05) is 37.8 Å². The van der Waals surface area contributed by atoms with Crippen LogP contribution in [0.25, 0.3) is 0 Å². The summed E-state index contributed by atoms with van der Waals surface area (Å²) in [7, 11) is 0. The van der Waals surface area contributed by atoms with Gasteiger partial charge in [-0.1, -0.05) is 19.3 Å². The summed E-state index contributed by atoms with van der Waals surface area (Å²) in [6, 6.07) is 5.91. The second kappa shape index (κ2) is 10.4. The van der Waals surface area contributed by atoms with Gasteiger partial charge in [0.2, 0.25) is 0 Å². The van der Waals surface area contributed by atoms with E-state index in [9.17, 15) is 14.0 Å². The topological polar surface area (TPSA) is 73.5 Å². The molecule has 1 aliphatic heterocycles. The molecule has 154 valence electrons. The lowest BCUT2D eigenvalue weighted by Crippen LogP contribution is -2.42. The van der Waals surface area contributed by atoms with Crippen molar-refractivity contribution in [2.24, 2.45) is 5.92 Å². The van der Waals surface area contributed by atoms with E-state index in [0.717, 1.165) is 25.6 Å². The van der Waals surface area contributed by atoms with Gasteiger partial charge in [0.15, 0.2) is 0 Å². The van der Waals surface area contributed by atoms with Crippen LogP contribution < -0.4 is 16.0 Å². The maximum Gasteiger partial charge on any atom is 0.314 e. The number of urea groups is 1. The molecule has 1 heterocycles. The van der Waals surface area contributed by atoms with Crippen LogP contribution in [-0.4, -0.2) is 55.6 Å². The molecule has 1 atom stereocenters. The van der Waals surface area contributed by atoms with E-state index < -0.39 is 0 Å². The van der Waals surface area contributed by atoms with Gasteiger partial charge in [-0.3, -0.25) is 4.79 Å². The van der Waals surface area contributed by atoms with Crippen LogP contribution in [0.2, 0.25) is 0 Å². The van der Waals surface area contributed by atoms with Gasteiger partial charge in [-0.2, -0.15) is 0 Å². The van der Waals surface area contributed by atoms with Crippen molar-refractivity contribution >= 4 is 11.9 Å². The van der Waals surface area contributed by atoms with E-state index in [1.165, 1.54) is 56.4 Å². The Kier molecular flexibility index (Phi) is 7.65. The van der Waals surface area contributed by atoms with E-state index in [0.29, 0.717) is 31.1 Å². The zero-order valence-electron chi connectivity index (χ0n) is 16.4. The molecule has 0 aromatic heterocycles. The van der Waals surface area contributed by atoms with Gasteiger partial charge in [-0.25, -0.2) is 9.18 Å². The molecule has 1 aliphatic carbocycles. The lowest BCUT2D eigenvalue weighted by molar-refractivity contribution is 0.0953. The van der Waals surface area contributed by atoms with E-state index in [4.69, 9.17) is 0 Å². The number of nitrogens with one attached hydrogen (secondary N) is 3. The van der Waals surface area contributed by atoms with Crippen molar-refractivity contribution in [3.8, 4) is 0 Å². The summed E-state index contributed by atoms with van der Waals surface area (Å²) in [5.74, 6) is -0.138. The number of rotatable bonds is 7. The first kappa shape index (κ1) is 20.6. The maximum atomic E-state index is 12.9. The summed E-state index contributed by atoms with van der Waals surface area (Å²) in [5, 5.41) is 8.40. The second-order valence-corrected chi connectivity index (χ2v) is 7.84. The fourth-order valence-electron chi connectivity index (χ4n) is 4.16. The van der Waals surface area contributed by atoms with Crippen molar-refractivity contribution in [1.29, 1.82) is 0 Å². The largest absolute Gasteiger partial charge is 0.350 e. The lowest BCUT2D eigenvalue weighted by atomic mass is 9.94. The molecular weight excluding hydrogens is 359 g/mol. The summed E-state index contributed by atoms with van der Waals surface area (Å²) in [6.45, 7) is 3.59. The minimum absolute atomic E-state index is 0.202. The molecule has 1 unspecified atom stereocenters. The third kappa shape index (κ3) is 6.19. The highest BCUT2D eigenvalue weighted by molar-refractivity contribution is 5.94. The molecule has 1 aromatic rings. The normalized spacial score (nSPS) is 20.7. The predicted molar refractivity (Wildman–Crippen MR) is 107 cm³/mol. The third-order valence-electron chi connectivity index (χ3n) is 5.76. The molecule has 3 rings (SSSR count). The first-order valence-corrected chi connectivity index (χ1v) is 10.4. The SMILES string of the molecule is O=C(NCCNC(=O)c1ccc(F)cc1)NCC1CCN(C2CCCCC2)C1. The number of carbonyl (C=O) groups is 2. The van der Waals surface area contributed by atoms with Crippen LogP contribution in [0.5, 0.6) is 0 Å². The van der Waals surface area contributed by atoms with Gasteiger partial charge in [0.05, 0.1) is 0 Å². The molecule has 1 saturated heterocycles. The average Bonchev–Trinajstić information content (AvgIpc) is 3.20. The summed E-state index contributed by atoms with van der Waals surface area (Å²) in [4.78, 5) is 26.4. The Morgan fingerprint density at radius 1 is 0.964 bits per heavy atom.